The molecule has 2 aromatic rings. The molecule has 25 heavy (non-hydrogen) atoms. The summed E-state index contributed by atoms with van der Waals surface area (Å²) in [6.07, 6.45) is 2.09. The van der Waals surface area contributed by atoms with Crippen molar-refractivity contribution in [3.05, 3.63) is 65.7 Å². The fourth-order valence-electron chi connectivity index (χ4n) is 2.28. The van der Waals surface area contributed by atoms with Gasteiger partial charge >= 0.3 is 0 Å². The summed E-state index contributed by atoms with van der Waals surface area (Å²) in [5, 5.41) is 10.5. The number of nitrogens with one attached hydrogen (secondary N) is 1. The molecule has 1 atom stereocenters. The number of hydrogen-bond donors (Lipinski definition) is 1. The highest BCUT2D eigenvalue weighted by molar-refractivity contribution is 7.89. The molecular weight excluding hydrogens is 342 g/mol. The van der Waals surface area contributed by atoms with Gasteiger partial charge in [0.25, 0.3) is 0 Å². The molecule has 0 aromatic heterocycles. The monoisotopic (exact) mass is 360 g/mol. The number of ether oxygens (including phenoxy) is 1. The standard InChI is InChI=1S/C18H19NO5S/c1-13(15-6-4-3-5-7-15)19-25(22,23)17-12-14(9-11-18(20)21)8-10-16(17)24-2/h3-13,19H,1-2H3,(H,20,21)/p-1/b11-9+/t13-/m1/s1. The number of methoxy groups -OCH3 is 1. The lowest BCUT2D eigenvalue weighted by molar-refractivity contribution is -0.297. The lowest BCUT2D eigenvalue weighted by Gasteiger charge is -2.16. The summed E-state index contributed by atoms with van der Waals surface area (Å²) >= 11 is 0. The first-order valence-electron chi connectivity index (χ1n) is 7.48. The molecule has 0 amide bonds. The molecular formula is C18H18NO5S-. The lowest BCUT2D eigenvalue weighted by atomic mass is 10.1. The molecule has 1 N–H and O–H groups in total. The van der Waals surface area contributed by atoms with Gasteiger partial charge in [-0.3, -0.25) is 0 Å². The average Bonchev–Trinajstić information content (AvgIpc) is 2.60. The van der Waals surface area contributed by atoms with Crippen molar-refractivity contribution >= 4 is 22.1 Å². The number of carboxylic acid groups (broad SMARTS) is 1. The van der Waals surface area contributed by atoms with E-state index in [9.17, 15) is 18.3 Å². The molecule has 0 aliphatic heterocycles. The molecule has 6 nitrogen and oxygen atoms in total. The van der Waals surface area contributed by atoms with Gasteiger partial charge in [0.05, 0.1) is 13.1 Å². The van der Waals surface area contributed by atoms with Crippen LogP contribution in [0.3, 0.4) is 0 Å². The number of sulfonamides is 1. The molecule has 0 bridgehead atoms. The Morgan fingerprint density at radius 2 is 1.88 bits per heavy atom. The maximum Gasteiger partial charge on any atom is 0.244 e. The quantitative estimate of drug-likeness (QED) is 0.755. The van der Waals surface area contributed by atoms with Crippen molar-refractivity contribution in [1.82, 2.24) is 4.72 Å². The van der Waals surface area contributed by atoms with Crippen molar-refractivity contribution < 1.29 is 23.1 Å². The Balaban J connectivity index is 2.36. The summed E-state index contributed by atoms with van der Waals surface area (Å²) in [5.41, 5.74) is 1.22. The first-order chi connectivity index (χ1) is 11.8. The van der Waals surface area contributed by atoms with Crippen molar-refractivity contribution in [3.8, 4) is 5.75 Å². The van der Waals surface area contributed by atoms with Crippen molar-refractivity contribution in [2.75, 3.05) is 7.11 Å². The molecule has 0 radical (unpaired) electrons. The summed E-state index contributed by atoms with van der Waals surface area (Å²) in [6, 6.07) is 13.1. The summed E-state index contributed by atoms with van der Waals surface area (Å²) < 4.78 is 33.2. The van der Waals surface area contributed by atoms with E-state index in [1.807, 2.05) is 30.3 Å². The first-order valence-corrected chi connectivity index (χ1v) is 8.96. The summed E-state index contributed by atoms with van der Waals surface area (Å²) in [7, 11) is -2.52. The predicted molar refractivity (Wildman–Crippen MR) is 92.2 cm³/mol. The number of carbonyl (C=O) groups is 1. The van der Waals surface area contributed by atoms with Crippen LogP contribution in [0.5, 0.6) is 5.75 Å². The molecule has 0 saturated carbocycles. The molecule has 132 valence electrons. The highest BCUT2D eigenvalue weighted by Gasteiger charge is 2.22. The molecule has 0 saturated heterocycles. The normalized spacial score (nSPS) is 12.9. The van der Waals surface area contributed by atoms with E-state index in [1.54, 1.807) is 13.0 Å². The SMILES string of the molecule is COc1ccc(/C=C/C(=O)[O-])cc1S(=O)(=O)N[C@H](C)c1ccccc1. The molecule has 2 rings (SSSR count). The Morgan fingerprint density at radius 3 is 2.48 bits per heavy atom. The van der Waals surface area contributed by atoms with Gasteiger partial charge in [-0.2, -0.15) is 0 Å². The topological polar surface area (TPSA) is 95.5 Å². The molecule has 0 unspecified atom stereocenters. The number of rotatable bonds is 7. The van der Waals surface area contributed by atoms with Crippen LogP contribution in [0.2, 0.25) is 0 Å². The molecule has 7 heteroatoms. The van der Waals surface area contributed by atoms with Crippen LogP contribution in [-0.4, -0.2) is 21.5 Å². The van der Waals surface area contributed by atoms with E-state index in [1.165, 1.54) is 25.3 Å². The Bertz CT molecular complexity index is 876. The van der Waals surface area contributed by atoms with Crippen molar-refractivity contribution in [2.24, 2.45) is 0 Å². The minimum atomic E-state index is -3.88. The van der Waals surface area contributed by atoms with Crippen LogP contribution in [0, 0.1) is 0 Å². The zero-order valence-corrected chi connectivity index (χ0v) is 14.6. The van der Waals surface area contributed by atoms with E-state index in [2.05, 4.69) is 4.72 Å². The number of aliphatic carboxylic acids is 1. The second-order valence-corrected chi connectivity index (χ2v) is 7.00. The molecule has 0 aliphatic rings. The van der Waals surface area contributed by atoms with E-state index in [0.717, 1.165) is 11.6 Å². The Morgan fingerprint density at radius 1 is 1.20 bits per heavy atom. The second kappa shape index (κ2) is 7.96. The molecule has 0 fully saturated rings. The Hall–Kier alpha value is -2.64. The van der Waals surface area contributed by atoms with Crippen molar-refractivity contribution in [2.45, 2.75) is 17.9 Å². The fourth-order valence-corrected chi connectivity index (χ4v) is 3.71. The summed E-state index contributed by atoms with van der Waals surface area (Å²) in [5.74, 6) is -1.20. The van der Waals surface area contributed by atoms with Crippen LogP contribution >= 0.6 is 0 Å². The highest BCUT2D eigenvalue weighted by atomic mass is 32.2. The van der Waals surface area contributed by atoms with Gasteiger partial charge in [-0.15, -0.1) is 0 Å². The van der Waals surface area contributed by atoms with Crippen LogP contribution in [0.25, 0.3) is 6.08 Å². The number of carbonyl (C=O) groups excluding carboxylic acids is 1. The smallest absolute Gasteiger partial charge is 0.244 e. The lowest BCUT2D eigenvalue weighted by Crippen LogP contribution is -2.27. The second-order valence-electron chi connectivity index (χ2n) is 5.32. The maximum absolute atomic E-state index is 12.7. The first kappa shape index (κ1) is 18.7. The van der Waals surface area contributed by atoms with Gasteiger partial charge < -0.3 is 14.6 Å². The van der Waals surface area contributed by atoms with E-state index in [-0.39, 0.29) is 10.6 Å². The molecule has 2 aromatic carbocycles. The maximum atomic E-state index is 12.7. The van der Waals surface area contributed by atoms with E-state index < -0.39 is 22.0 Å². The van der Waals surface area contributed by atoms with Crippen LogP contribution in [0.1, 0.15) is 24.1 Å². The van der Waals surface area contributed by atoms with Gasteiger partial charge in [0, 0.05) is 6.04 Å². The minimum Gasteiger partial charge on any atom is -0.545 e. The molecule has 0 spiro atoms. The fraction of sp³-hybridized carbons (Fsp3) is 0.167. The van der Waals surface area contributed by atoms with E-state index in [0.29, 0.717) is 5.56 Å². The number of carboxylic acids is 1. The average molecular weight is 360 g/mol. The Labute approximate surface area is 146 Å². The highest BCUT2D eigenvalue weighted by Crippen LogP contribution is 2.27. The number of benzene rings is 2. The summed E-state index contributed by atoms with van der Waals surface area (Å²) in [4.78, 5) is 10.5. The molecule has 0 heterocycles. The van der Waals surface area contributed by atoms with Gasteiger partial charge in [0.15, 0.2) is 0 Å². The third-order valence-corrected chi connectivity index (χ3v) is 5.08. The van der Waals surface area contributed by atoms with Gasteiger partial charge in [-0.05, 0) is 36.3 Å². The van der Waals surface area contributed by atoms with Gasteiger partial charge in [-0.25, -0.2) is 13.1 Å². The third-order valence-electron chi connectivity index (χ3n) is 3.52. The van der Waals surface area contributed by atoms with Gasteiger partial charge in [0.1, 0.15) is 10.6 Å². The van der Waals surface area contributed by atoms with Crippen molar-refractivity contribution in [1.29, 1.82) is 0 Å². The Kier molecular flexibility index (Phi) is 5.95. The van der Waals surface area contributed by atoms with Crippen molar-refractivity contribution in [3.63, 3.8) is 0 Å². The van der Waals surface area contributed by atoms with E-state index >= 15 is 0 Å². The summed E-state index contributed by atoms with van der Waals surface area (Å²) in [6.45, 7) is 1.74. The minimum absolute atomic E-state index is 0.0710. The zero-order chi connectivity index (χ0) is 18.4. The van der Waals surface area contributed by atoms with Crippen LogP contribution in [0.15, 0.2) is 59.5 Å². The zero-order valence-electron chi connectivity index (χ0n) is 13.8. The largest absolute Gasteiger partial charge is 0.545 e. The van der Waals surface area contributed by atoms with Gasteiger partial charge in [0.2, 0.25) is 10.0 Å². The van der Waals surface area contributed by atoms with Crippen LogP contribution in [0.4, 0.5) is 0 Å². The molecule has 0 aliphatic carbocycles. The van der Waals surface area contributed by atoms with E-state index in [4.69, 9.17) is 4.74 Å². The van der Waals surface area contributed by atoms with Crippen LogP contribution in [-0.2, 0) is 14.8 Å². The predicted octanol–water partition coefficient (Wildman–Crippen LogP) is 1.50. The third kappa shape index (κ3) is 4.91. The van der Waals surface area contributed by atoms with Gasteiger partial charge in [-0.1, -0.05) is 42.5 Å². The van der Waals surface area contributed by atoms with Crippen LogP contribution < -0.4 is 14.6 Å². The number of hydrogen-bond acceptors (Lipinski definition) is 5.